The van der Waals surface area contributed by atoms with Gasteiger partial charge in [-0.25, -0.2) is 0 Å². The maximum atomic E-state index is 8.74. The maximum Gasteiger partial charge on any atom is 0.0991 e. The number of hydrogen-bond donors (Lipinski definition) is 1. The Morgan fingerprint density at radius 2 is 2.00 bits per heavy atom. The molecule has 0 aliphatic carbocycles. The van der Waals surface area contributed by atoms with Crippen molar-refractivity contribution in [3.05, 3.63) is 48.0 Å². The zero-order valence-electron chi connectivity index (χ0n) is 11.2. The van der Waals surface area contributed by atoms with Gasteiger partial charge in [-0.1, -0.05) is 24.6 Å². The number of nitriles is 1. The number of nitrogens with one attached hydrogen (secondary N) is 1. The molecular weight excluding hydrogens is 220 g/mol. The molecule has 0 bridgehead atoms. The third kappa shape index (κ3) is 5.16. The van der Waals surface area contributed by atoms with Gasteiger partial charge in [0.2, 0.25) is 0 Å². The minimum absolute atomic E-state index is 0.345. The van der Waals surface area contributed by atoms with Crippen LogP contribution in [-0.2, 0) is 0 Å². The van der Waals surface area contributed by atoms with Gasteiger partial charge < -0.3 is 5.32 Å². The summed E-state index contributed by atoms with van der Waals surface area (Å²) in [4.78, 5) is 0. The van der Waals surface area contributed by atoms with Crippen molar-refractivity contribution in [2.24, 2.45) is 0 Å². The number of hydrogen-bond acceptors (Lipinski definition) is 2. The van der Waals surface area contributed by atoms with Gasteiger partial charge in [-0.05, 0) is 50.4 Å². The van der Waals surface area contributed by atoms with Gasteiger partial charge in [0.15, 0.2) is 0 Å². The van der Waals surface area contributed by atoms with Crippen LogP contribution in [0.1, 0.15) is 49.8 Å². The lowest BCUT2D eigenvalue weighted by Gasteiger charge is -2.14. The second kappa shape index (κ2) is 8.49. The summed E-state index contributed by atoms with van der Waals surface area (Å²) in [6.45, 7) is 6.92. The minimum atomic E-state index is 0.345. The lowest BCUT2D eigenvalue weighted by molar-refractivity contribution is 0.539. The molecule has 2 heteroatoms. The standard InChI is InChI=1S/C16H22N2/c1-3-4-5-6-7-12-18-14(2)16-10-8-15(13-17)9-11-16/h3,8-11,14,18H,1,4-7,12H2,2H3. The number of allylic oxidation sites excluding steroid dienone is 1. The summed E-state index contributed by atoms with van der Waals surface area (Å²) >= 11 is 0. The van der Waals surface area contributed by atoms with Gasteiger partial charge in [0.05, 0.1) is 11.6 Å². The topological polar surface area (TPSA) is 35.8 Å². The van der Waals surface area contributed by atoms with Gasteiger partial charge in [-0.2, -0.15) is 5.26 Å². The first-order valence-corrected chi connectivity index (χ1v) is 6.62. The predicted molar refractivity (Wildman–Crippen MR) is 76.2 cm³/mol. The van der Waals surface area contributed by atoms with Crippen LogP contribution in [0.25, 0.3) is 0 Å². The highest BCUT2D eigenvalue weighted by atomic mass is 14.9. The number of nitrogens with zero attached hydrogens (tertiary/aromatic N) is 1. The smallest absolute Gasteiger partial charge is 0.0991 e. The summed E-state index contributed by atoms with van der Waals surface area (Å²) in [5, 5.41) is 12.2. The summed E-state index contributed by atoms with van der Waals surface area (Å²) in [5.41, 5.74) is 1.95. The van der Waals surface area contributed by atoms with Crippen molar-refractivity contribution >= 4 is 0 Å². The first-order valence-electron chi connectivity index (χ1n) is 6.62. The van der Waals surface area contributed by atoms with E-state index in [-0.39, 0.29) is 0 Å². The van der Waals surface area contributed by atoms with E-state index in [1.807, 2.05) is 30.3 Å². The van der Waals surface area contributed by atoms with Gasteiger partial charge >= 0.3 is 0 Å². The van der Waals surface area contributed by atoms with Gasteiger partial charge in [-0.15, -0.1) is 6.58 Å². The van der Waals surface area contributed by atoms with Crippen LogP contribution in [-0.4, -0.2) is 6.54 Å². The van der Waals surface area contributed by atoms with E-state index in [2.05, 4.69) is 24.9 Å². The third-order valence-electron chi connectivity index (χ3n) is 3.08. The van der Waals surface area contributed by atoms with E-state index < -0.39 is 0 Å². The fourth-order valence-electron chi connectivity index (χ4n) is 1.87. The van der Waals surface area contributed by atoms with Crippen molar-refractivity contribution in [3.8, 4) is 6.07 Å². The van der Waals surface area contributed by atoms with Gasteiger partial charge in [0.25, 0.3) is 0 Å². The van der Waals surface area contributed by atoms with E-state index in [4.69, 9.17) is 5.26 Å². The van der Waals surface area contributed by atoms with Crippen LogP contribution in [0, 0.1) is 11.3 Å². The molecule has 0 aliphatic rings. The van der Waals surface area contributed by atoms with Gasteiger partial charge in [-0.3, -0.25) is 0 Å². The molecule has 96 valence electrons. The zero-order chi connectivity index (χ0) is 13.2. The molecule has 1 unspecified atom stereocenters. The Morgan fingerprint density at radius 3 is 2.61 bits per heavy atom. The van der Waals surface area contributed by atoms with E-state index in [0.717, 1.165) is 18.5 Å². The van der Waals surface area contributed by atoms with E-state index in [1.165, 1.54) is 24.8 Å². The fourth-order valence-corrected chi connectivity index (χ4v) is 1.87. The minimum Gasteiger partial charge on any atom is -0.310 e. The van der Waals surface area contributed by atoms with Crippen molar-refractivity contribution < 1.29 is 0 Å². The van der Waals surface area contributed by atoms with Crippen LogP contribution in [0.5, 0.6) is 0 Å². The molecule has 18 heavy (non-hydrogen) atoms. The van der Waals surface area contributed by atoms with Crippen LogP contribution in [0.2, 0.25) is 0 Å². The predicted octanol–water partition coefficient (Wildman–Crippen LogP) is 3.96. The second-order valence-electron chi connectivity index (χ2n) is 4.55. The molecule has 1 aromatic rings. The molecule has 1 rings (SSSR count). The first-order chi connectivity index (χ1) is 8.77. The lowest BCUT2D eigenvalue weighted by atomic mass is 10.1. The SMILES string of the molecule is C=CCCCCCNC(C)c1ccc(C#N)cc1. The quantitative estimate of drug-likeness (QED) is 0.553. The summed E-state index contributed by atoms with van der Waals surface area (Å²) in [6.07, 6.45) is 6.78. The molecule has 0 aromatic heterocycles. The highest BCUT2D eigenvalue weighted by molar-refractivity contribution is 5.32. The molecule has 0 fully saturated rings. The Hall–Kier alpha value is -1.59. The summed E-state index contributed by atoms with van der Waals surface area (Å²) in [7, 11) is 0. The fraction of sp³-hybridized carbons (Fsp3) is 0.438. The van der Waals surface area contributed by atoms with Crippen molar-refractivity contribution in [2.45, 2.75) is 38.6 Å². The van der Waals surface area contributed by atoms with Crippen molar-refractivity contribution in [1.29, 1.82) is 5.26 Å². The molecule has 0 spiro atoms. The average Bonchev–Trinajstić information content (AvgIpc) is 2.42. The van der Waals surface area contributed by atoms with Crippen LogP contribution < -0.4 is 5.32 Å². The van der Waals surface area contributed by atoms with E-state index in [0.29, 0.717) is 6.04 Å². The van der Waals surface area contributed by atoms with Crippen LogP contribution in [0.4, 0.5) is 0 Å². The van der Waals surface area contributed by atoms with Crippen LogP contribution in [0.15, 0.2) is 36.9 Å². The normalized spacial score (nSPS) is 11.8. The number of unbranched alkanes of at least 4 members (excludes halogenated alkanes) is 3. The number of rotatable bonds is 8. The van der Waals surface area contributed by atoms with Crippen molar-refractivity contribution in [2.75, 3.05) is 6.54 Å². The highest BCUT2D eigenvalue weighted by Gasteiger charge is 2.03. The maximum absolute atomic E-state index is 8.74. The second-order valence-corrected chi connectivity index (χ2v) is 4.55. The molecule has 0 amide bonds. The average molecular weight is 242 g/mol. The molecular formula is C16H22N2. The molecule has 0 saturated carbocycles. The summed E-state index contributed by atoms with van der Waals surface area (Å²) in [5.74, 6) is 0. The Balaban J connectivity index is 2.25. The molecule has 0 saturated heterocycles. The lowest BCUT2D eigenvalue weighted by Crippen LogP contribution is -2.19. The Labute approximate surface area is 110 Å². The zero-order valence-corrected chi connectivity index (χ0v) is 11.2. The largest absolute Gasteiger partial charge is 0.310 e. The summed E-state index contributed by atoms with van der Waals surface area (Å²) in [6, 6.07) is 10.3. The molecule has 0 radical (unpaired) electrons. The van der Waals surface area contributed by atoms with Crippen LogP contribution >= 0.6 is 0 Å². The molecule has 2 nitrogen and oxygen atoms in total. The van der Waals surface area contributed by atoms with Crippen molar-refractivity contribution in [1.82, 2.24) is 5.32 Å². The number of benzene rings is 1. The molecule has 1 aromatic carbocycles. The Bertz CT molecular complexity index is 387. The molecule has 1 N–H and O–H groups in total. The monoisotopic (exact) mass is 242 g/mol. The van der Waals surface area contributed by atoms with E-state index in [1.54, 1.807) is 0 Å². The van der Waals surface area contributed by atoms with Crippen LogP contribution in [0.3, 0.4) is 0 Å². The van der Waals surface area contributed by atoms with Crippen molar-refractivity contribution in [3.63, 3.8) is 0 Å². The first kappa shape index (κ1) is 14.5. The molecule has 1 atom stereocenters. The van der Waals surface area contributed by atoms with Gasteiger partial charge in [0, 0.05) is 6.04 Å². The Morgan fingerprint density at radius 1 is 1.28 bits per heavy atom. The van der Waals surface area contributed by atoms with E-state index >= 15 is 0 Å². The molecule has 0 heterocycles. The molecule has 0 aliphatic heterocycles. The third-order valence-corrected chi connectivity index (χ3v) is 3.08. The summed E-state index contributed by atoms with van der Waals surface area (Å²) < 4.78 is 0. The van der Waals surface area contributed by atoms with E-state index in [9.17, 15) is 0 Å². The highest BCUT2D eigenvalue weighted by Crippen LogP contribution is 2.13. The van der Waals surface area contributed by atoms with Gasteiger partial charge in [0.1, 0.15) is 0 Å². The Kier molecular flexibility index (Phi) is 6.83.